The molecule has 1 atom stereocenters. The Morgan fingerprint density at radius 1 is 1.36 bits per heavy atom. The number of terminal acetylenes is 1. The summed E-state index contributed by atoms with van der Waals surface area (Å²) in [6.45, 7) is 5.77. The third-order valence-electron chi connectivity index (χ3n) is 1.77. The van der Waals surface area contributed by atoms with Crippen molar-refractivity contribution in [3.05, 3.63) is 0 Å². The highest BCUT2D eigenvalue weighted by Gasteiger charge is 2.13. The molecule has 0 aliphatic carbocycles. The second-order valence-electron chi connectivity index (χ2n) is 3.93. The minimum absolute atomic E-state index is 0.169. The van der Waals surface area contributed by atoms with E-state index >= 15 is 0 Å². The molecule has 0 heterocycles. The monoisotopic (exact) mass is 217 g/mol. The Labute approximate surface area is 87.3 Å². The van der Waals surface area contributed by atoms with E-state index in [4.69, 9.17) is 6.42 Å². The Bertz CT molecular complexity index is 288. The van der Waals surface area contributed by atoms with Crippen LogP contribution in [-0.4, -0.2) is 20.2 Å². The molecule has 0 rings (SSSR count). The largest absolute Gasteiger partial charge is 0.212 e. The lowest BCUT2D eigenvalue weighted by Gasteiger charge is -2.12. The fourth-order valence-electron chi connectivity index (χ4n) is 0.975. The van der Waals surface area contributed by atoms with Gasteiger partial charge in [0.05, 0.1) is 5.75 Å². The van der Waals surface area contributed by atoms with Crippen LogP contribution in [0, 0.1) is 18.3 Å². The summed E-state index contributed by atoms with van der Waals surface area (Å²) in [7, 11) is -3.14. The van der Waals surface area contributed by atoms with Crippen LogP contribution in [0.3, 0.4) is 0 Å². The summed E-state index contributed by atoms with van der Waals surface area (Å²) in [5.41, 5.74) is 0. The minimum Gasteiger partial charge on any atom is -0.212 e. The summed E-state index contributed by atoms with van der Waals surface area (Å²) >= 11 is 0. The van der Waals surface area contributed by atoms with Gasteiger partial charge in [0.2, 0.25) is 10.0 Å². The molecule has 0 bridgehead atoms. The van der Waals surface area contributed by atoms with Crippen LogP contribution in [0.25, 0.3) is 0 Å². The topological polar surface area (TPSA) is 46.2 Å². The van der Waals surface area contributed by atoms with Crippen LogP contribution >= 0.6 is 0 Å². The minimum atomic E-state index is -3.14. The van der Waals surface area contributed by atoms with Gasteiger partial charge in [0.15, 0.2) is 0 Å². The van der Waals surface area contributed by atoms with Gasteiger partial charge in [-0.3, -0.25) is 0 Å². The van der Waals surface area contributed by atoms with E-state index in [9.17, 15) is 8.42 Å². The molecule has 0 aromatic heterocycles. The number of hydrogen-bond donors (Lipinski definition) is 1. The average molecular weight is 217 g/mol. The number of sulfonamides is 1. The van der Waals surface area contributed by atoms with Crippen molar-refractivity contribution in [3.63, 3.8) is 0 Å². The number of rotatable bonds is 6. The first-order valence-corrected chi connectivity index (χ1v) is 6.46. The second-order valence-corrected chi connectivity index (χ2v) is 5.80. The van der Waals surface area contributed by atoms with Gasteiger partial charge in [-0.2, -0.15) is 0 Å². The lowest BCUT2D eigenvalue weighted by Crippen LogP contribution is -2.34. The van der Waals surface area contributed by atoms with E-state index in [0.717, 1.165) is 0 Å². The molecular weight excluding hydrogens is 198 g/mol. The Morgan fingerprint density at radius 2 is 1.93 bits per heavy atom. The van der Waals surface area contributed by atoms with E-state index in [2.05, 4.69) is 10.6 Å². The number of nitrogens with one attached hydrogen (secondary N) is 1. The third kappa shape index (κ3) is 6.93. The first kappa shape index (κ1) is 13.5. The van der Waals surface area contributed by atoms with Gasteiger partial charge < -0.3 is 0 Å². The standard InChI is InChI=1S/C10H19NO2S/c1-5-6-10(4)11-14(12,13)8-7-9(2)3/h1,9-11H,6-8H2,2-4H3. The van der Waals surface area contributed by atoms with E-state index in [1.807, 2.05) is 13.8 Å². The lowest BCUT2D eigenvalue weighted by atomic mass is 10.2. The van der Waals surface area contributed by atoms with E-state index in [1.54, 1.807) is 6.92 Å². The Balaban J connectivity index is 4.03. The van der Waals surface area contributed by atoms with E-state index in [-0.39, 0.29) is 11.8 Å². The van der Waals surface area contributed by atoms with Gasteiger partial charge in [-0.15, -0.1) is 12.3 Å². The Hall–Kier alpha value is -0.530. The molecule has 3 nitrogen and oxygen atoms in total. The molecule has 0 aliphatic heterocycles. The molecule has 0 aliphatic rings. The fraction of sp³-hybridized carbons (Fsp3) is 0.800. The van der Waals surface area contributed by atoms with Crippen LogP contribution in [0.15, 0.2) is 0 Å². The van der Waals surface area contributed by atoms with Crippen LogP contribution < -0.4 is 4.72 Å². The van der Waals surface area contributed by atoms with Crippen molar-refractivity contribution in [3.8, 4) is 12.3 Å². The predicted octanol–water partition coefficient (Wildman–Crippen LogP) is 1.36. The lowest BCUT2D eigenvalue weighted by molar-refractivity contribution is 0.548. The summed E-state index contributed by atoms with van der Waals surface area (Å²) in [4.78, 5) is 0. The highest BCUT2D eigenvalue weighted by Crippen LogP contribution is 2.03. The molecule has 0 saturated heterocycles. The molecule has 0 saturated carbocycles. The third-order valence-corrected chi connectivity index (χ3v) is 3.30. The maximum atomic E-state index is 11.4. The van der Waals surface area contributed by atoms with Crippen molar-refractivity contribution >= 4 is 10.0 Å². The summed E-state index contributed by atoms with van der Waals surface area (Å²) in [6.07, 6.45) is 6.20. The molecule has 82 valence electrons. The number of hydrogen-bond acceptors (Lipinski definition) is 2. The Kier molecular flexibility index (Phi) is 5.82. The van der Waals surface area contributed by atoms with E-state index < -0.39 is 10.0 Å². The van der Waals surface area contributed by atoms with Gasteiger partial charge in [-0.1, -0.05) is 13.8 Å². The van der Waals surface area contributed by atoms with E-state index in [1.165, 1.54) is 0 Å². The quantitative estimate of drug-likeness (QED) is 0.683. The van der Waals surface area contributed by atoms with E-state index in [0.29, 0.717) is 18.8 Å². The molecule has 0 spiro atoms. The maximum Gasteiger partial charge on any atom is 0.211 e. The molecular formula is C10H19NO2S. The zero-order valence-electron chi connectivity index (χ0n) is 9.08. The highest BCUT2D eigenvalue weighted by molar-refractivity contribution is 7.89. The predicted molar refractivity (Wildman–Crippen MR) is 59.3 cm³/mol. The highest BCUT2D eigenvalue weighted by atomic mass is 32.2. The van der Waals surface area contributed by atoms with Crippen molar-refractivity contribution in [1.82, 2.24) is 4.72 Å². The van der Waals surface area contributed by atoms with Gasteiger partial charge in [-0.05, 0) is 19.3 Å². The molecule has 14 heavy (non-hydrogen) atoms. The van der Waals surface area contributed by atoms with Crippen LogP contribution in [0.4, 0.5) is 0 Å². The molecule has 0 aromatic carbocycles. The zero-order valence-corrected chi connectivity index (χ0v) is 9.89. The first-order valence-electron chi connectivity index (χ1n) is 4.81. The van der Waals surface area contributed by atoms with Crippen LogP contribution in [0.1, 0.15) is 33.6 Å². The smallest absolute Gasteiger partial charge is 0.211 e. The van der Waals surface area contributed by atoms with Gasteiger partial charge >= 0.3 is 0 Å². The van der Waals surface area contributed by atoms with Gasteiger partial charge in [0.1, 0.15) is 0 Å². The summed E-state index contributed by atoms with van der Waals surface area (Å²) in [5, 5.41) is 0. The fourth-order valence-corrected chi connectivity index (χ4v) is 2.57. The van der Waals surface area contributed by atoms with Gasteiger partial charge in [0, 0.05) is 12.5 Å². The molecule has 1 N–H and O–H groups in total. The molecule has 4 heteroatoms. The normalized spacial score (nSPS) is 13.9. The first-order chi connectivity index (χ1) is 6.37. The Morgan fingerprint density at radius 3 is 2.36 bits per heavy atom. The van der Waals surface area contributed by atoms with Crippen molar-refractivity contribution in [2.24, 2.45) is 5.92 Å². The van der Waals surface area contributed by atoms with Crippen molar-refractivity contribution < 1.29 is 8.42 Å². The molecule has 1 unspecified atom stereocenters. The second kappa shape index (κ2) is 6.05. The van der Waals surface area contributed by atoms with Gasteiger partial charge in [0.25, 0.3) is 0 Å². The van der Waals surface area contributed by atoms with Crippen LogP contribution in [-0.2, 0) is 10.0 Å². The van der Waals surface area contributed by atoms with Gasteiger partial charge in [-0.25, -0.2) is 13.1 Å². The summed E-state index contributed by atoms with van der Waals surface area (Å²) < 4.78 is 25.4. The van der Waals surface area contributed by atoms with Crippen molar-refractivity contribution in [2.75, 3.05) is 5.75 Å². The SMILES string of the molecule is C#CCC(C)NS(=O)(=O)CCC(C)C. The molecule has 0 fully saturated rings. The molecule has 0 aromatic rings. The van der Waals surface area contributed by atoms with Crippen molar-refractivity contribution in [1.29, 1.82) is 0 Å². The summed E-state index contributed by atoms with van der Waals surface area (Å²) in [5.74, 6) is 3.01. The summed E-state index contributed by atoms with van der Waals surface area (Å²) in [6, 6.07) is -0.169. The van der Waals surface area contributed by atoms with Crippen molar-refractivity contribution in [2.45, 2.75) is 39.7 Å². The maximum absolute atomic E-state index is 11.4. The van der Waals surface area contributed by atoms with Crippen LogP contribution in [0.2, 0.25) is 0 Å². The van der Waals surface area contributed by atoms with Crippen LogP contribution in [0.5, 0.6) is 0 Å². The molecule has 0 radical (unpaired) electrons. The average Bonchev–Trinajstić information content (AvgIpc) is 2.00. The zero-order chi connectivity index (χ0) is 11.2. The molecule has 0 amide bonds.